The van der Waals surface area contributed by atoms with Crippen LogP contribution in [0.3, 0.4) is 0 Å². The van der Waals surface area contributed by atoms with Gasteiger partial charge in [-0.25, -0.2) is 4.98 Å². The number of aromatic nitrogens is 2. The quantitative estimate of drug-likeness (QED) is 0.867. The summed E-state index contributed by atoms with van der Waals surface area (Å²) < 4.78 is 0.484. The monoisotopic (exact) mass is 311 g/mol. The molecule has 0 aliphatic rings. The molecule has 2 rings (SSSR count). The van der Waals surface area contributed by atoms with Crippen molar-refractivity contribution in [1.29, 1.82) is 0 Å². The molecular weight excluding hydrogens is 305 g/mol. The molecule has 6 heteroatoms. The summed E-state index contributed by atoms with van der Waals surface area (Å²) >= 11 is 9.12. The standard InChI is InChI=1S/C11H7BrClN3O/c12-10-7(2-1-4-15-10)11(17)16-9-6-14-5-3-8(9)13/h1-6H,(H,16,17). The lowest BCUT2D eigenvalue weighted by Gasteiger charge is -2.06. The van der Waals surface area contributed by atoms with Gasteiger partial charge in [0.15, 0.2) is 0 Å². The maximum Gasteiger partial charge on any atom is 0.258 e. The molecular formula is C11H7BrClN3O. The Kier molecular flexibility index (Phi) is 3.71. The number of hydrogen-bond acceptors (Lipinski definition) is 3. The lowest BCUT2D eigenvalue weighted by molar-refractivity contribution is 0.102. The Morgan fingerprint density at radius 1 is 1.35 bits per heavy atom. The van der Waals surface area contributed by atoms with Gasteiger partial charge < -0.3 is 5.32 Å². The highest BCUT2D eigenvalue weighted by molar-refractivity contribution is 9.10. The Morgan fingerprint density at radius 3 is 2.88 bits per heavy atom. The van der Waals surface area contributed by atoms with E-state index in [2.05, 4.69) is 31.2 Å². The first kappa shape index (κ1) is 12.0. The normalized spacial score (nSPS) is 10.0. The van der Waals surface area contributed by atoms with Gasteiger partial charge in [0.05, 0.1) is 22.5 Å². The van der Waals surface area contributed by atoms with E-state index >= 15 is 0 Å². The third-order valence-corrected chi connectivity index (χ3v) is 2.98. The summed E-state index contributed by atoms with van der Waals surface area (Å²) in [5.41, 5.74) is 0.905. The molecule has 0 saturated heterocycles. The Labute approximate surface area is 111 Å². The van der Waals surface area contributed by atoms with Crippen LogP contribution in [-0.2, 0) is 0 Å². The van der Waals surface area contributed by atoms with E-state index in [9.17, 15) is 4.79 Å². The molecule has 1 amide bonds. The minimum absolute atomic E-state index is 0.292. The fourth-order valence-electron chi connectivity index (χ4n) is 1.21. The smallest absolute Gasteiger partial charge is 0.258 e. The zero-order valence-corrected chi connectivity index (χ0v) is 10.9. The molecule has 0 fully saturated rings. The minimum Gasteiger partial charge on any atom is -0.319 e. The second kappa shape index (κ2) is 5.25. The van der Waals surface area contributed by atoms with Gasteiger partial charge in [0.2, 0.25) is 0 Å². The number of amides is 1. The van der Waals surface area contributed by atoms with Crippen LogP contribution < -0.4 is 5.32 Å². The van der Waals surface area contributed by atoms with Crippen molar-refractivity contribution in [1.82, 2.24) is 9.97 Å². The van der Waals surface area contributed by atoms with E-state index in [-0.39, 0.29) is 5.91 Å². The predicted octanol–water partition coefficient (Wildman–Crippen LogP) is 3.14. The molecule has 2 aromatic heterocycles. The summed E-state index contributed by atoms with van der Waals surface area (Å²) in [6, 6.07) is 4.96. The van der Waals surface area contributed by atoms with Crippen LogP contribution in [-0.4, -0.2) is 15.9 Å². The molecule has 0 saturated carbocycles. The van der Waals surface area contributed by atoms with Gasteiger partial charge in [-0.05, 0) is 34.1 Å². The SMILES string of the molecule is O=C(Nc1cnccc1Cl)c1cccnc1Br. The molecule has 4 nitrogen and oxygen atoms in total. The fourth-order valence-corrected chi connectivity index (χ4v) is 1.80. The summed E-state index contributed by atoms with van der Waals surface area (Å²) in [7, 11) is 0. The topological polar surface area (TPSA) is 54.9 Å². The number of nitrogens with one attached hydrogen (secondary N) is 1. The Bertz CT molecular complexity index is 562. The second-order valence-electron chi connectivity index (χ2n) is 3.15. The van der Waals surface area contributed by atoms with Gasteiger partial charge in [0.1, 0.15) is 4.60 Å². The van der Waals surface area contributed by atoms with E-state index in [1.54, 1.807) is 30.6 Å². The highest BCUT2D eigenvalue weighted by atomic mass is 79.9. The van der Waals surface area contributed by atoms with E-state index in [1.165, 1.54) is 6.20 Å². The van der Waals surface area contributed by atoms with E-state index in [0.717, 1.165) is 0 Å². The van der Waals surface area contributed by atoms with Gasteiger partial charge >= 0.3 is 0 Å². The first-order chi connectivity index (χ1) is 8.18. The Balaban J connectivity index is 2.24. The number of pyridine rings is 2. The van der Waals surface area contributed by atoms with Crippen LogP contribution in [0.15, 0.2) is 41.4 Å². The van der Waals surface area contributed by atoms with Crippen molar-refractivity contribution in [3.63, 3.8) is 0 Å². The van der Waals surface area contributed by atoms with Crippen molar-refractivity contribution in [3.05, 3.63) is 52.0 Å². The second-order valence-corrected chi connectivity index (χ2v) is 4.31. The Morgan fingerprint density at radius 2 is 2.18 bits per heavy atom. The number of rotatable bonds is 2. The molecule has 1 N–H and O–H groups in total. The highest BCUT2D eigenvalue weighted by Crippen LogP contribution is 2.21. The highest BCUT2D eigenvalue weighted by Gasteiger charge is 2.11. The van der Waals surface area contributed by atoms with Crippen LogP contribution in [0.4, 0.5) is 5.69 Å². The van der Waals surface area contributed by atoms with Gasteiger partial charge in [0, 0.05) is 12.4 Å². The third kappa shape index (κ3) is 2.81. The number of nitrogens with zero attached hydrogens (tertiary/aromatic N) is 2. The van der Waals surface area contributed by atoms with Crippen LogP contribution in [0.2, 0.25) is 5.02 Å². The number of halogens is 2. The largest absolute Gasteiger partial charge is 0.319 e. The maximum atomic E-state index is 11.9. The molecule has 2 heterocycles. The average molecular weight is 313 g/mol. The maximum absolute atomic E-state index is 11.9. The first-order valence-electron chi connectivity index (χ1n) is 4.70. The zero-order chi connectivity index (χ0) is 12.3. The van der Waals surface area contributed by atoms with Gasteiger partial charge in [0.25, 0.3) is 5.91 Å². The molecule has 0 atom stereocenters. The van der Waals surface area contributed by atoms with Crippen molar-refractivity contribution in [2.24, 2.45) is 0 Å². The van der Waals surface area contributed by atoms with Crippen LogP contribution in [0, 0.1) is 0 Å². The van der Waals surface area contributed by atoms with Crippen molar-refractivity contribution < 1.29 is 4.79 Å². The molecule has 0 spiro atoms. The molecule has 86 valence electrons. The number of carbonyl (C=O) groups excluding carboxylic acids is 1. The average Bonchev–Trinajstić information content (AvgIpc) is 2.32. The summed E-state index contributed by atoms with van der Waals surface area (Å²) in [6.45, 7) is 0. The predicted molar refractivity (Wildman–Crippen MR) is 69.1 cm³/mol. The molecule has 0 bridgehead atoms. The number of hydrogen-bond donors (Lipinski definition) is 1. The lowest BCUT2D eigenvalue weighted by atomic mass is 10.2. The van der Waals surface area contributed by atoms with E-state index in [1.807, 2.05) is 0 Å². The van der Waals surface area contributed by atoms with Crippen molar-refractivity contribution in [3.8, 4) is 0 Å². The van der Waals surface area contributed by atoms with Gasteiger partial charge in [-0.1, -0.05) is 11.6 Å². The van der Waals surface area contributed by atoms with E-state index < -0.39 is 0 Å². The zero-order valence-electron chi connectivity index (χ0n) is 8.52. The number of anilines is 1. The fraction of sp³-hybridized carbons (Fsp3) is 0. The van der Waals surface area contributed by atoms with E-state index in [4.69, 9.17) is 11.6 Å². The van der Waals surface area contributed by atoms with Crippen molar-refractivity contribution >= 4 is 39.1 Å². The molecule has 0 aliphatic carbocycles. The molecule has 2 aromatic rings. The Hall–Kier alpha value is -1.46. The first-order valence-corrected chi connectivity index (χ1v) is 5.87. The third-order valence-electron chi connectivity index (χ3n) is 2.02. The van der Waals surface area contributed by atoms with Gasteiger partial charge in [-0.3, -0.25) is 9.78 Å². The molecule has 0 unspecified atom stereocenters. The summed E-state index contributed by atoms with van der Waals surface area (Å²) in [4.78, 5) is 19.8. The van der Waals surface area contributed by atoms with Crippen LogP contribution in [0.25, 0.3) is 0 Å². The van der Waals surface area contributed by atoms with Crippen LogP contribution >= 0.6 is 27.5 Å². The van der Waals surface area contributed by atoms with Crippen LogP contribution in [0.1, 0.15) is 10.4 Å². The molecule has 0 radical (unpaired) electrons. The van der Waals surface area contributed by atoms with Crippen LogP contribution in [0.5, 0.6) is 0 Å². The molecule has 0 aliphatic heterocycles. The molecule has 0 aromatic carbocycles. The molecule has 17 heavy (non-hydrogen) atoms. The van der Waals surface area contributed by atoms with Gasteiger partial charge in [-0.2, -0.15) is 0 Å². The van der Waals surface area contributed by atoms with Crippen molar-refractivity contribution in [2.75, 3.05) is 5.32 Å². The summed E-state index contributed by atoms with van der Waals surface area (Å²) in [5, 5.41) is 3.10. The summed E-state index contributed by atoms with van der Waals surface area (Å²) in [5.74, 6) is -0.292. The number of carbonyl (C=O) groups is 1. The van der Waals surface area contributed by atoms with Gasteiger partial charge in [-0.15, -0.1) is 0 Å². The van der Waals surface area contributed by atoms with E-state index in [0.29, 0.717) is 20.9 Å². The minimum atomic E-state index is -0.292. The lowest BCUT2D eigenvalue weighted by Crippen LogP contribution is -2.13. The van der Waals surface area contributed by atoms with Crippen molar-refractivity contribution in [2.45, 2.75) is 0 Å². The summed E-state index contributed by atoms with van der Waals surface area (Å²) in [6.07, 6.45) is 4.64.